The topological polar surface area (TPSA) is 57.7 Å². The Hall–Kier alpha value is -2.47. The monoisotopic (exact) mass is 426 g/mol. The van der Waals surface area contributed by atoms with Crippen molar-refractivity contribution < 1.29 is 14.4 Å². The van der Waals surface area contributed by atoms with Gasteiger partial charge in [-0.25, -0.2) is 4.90 Å². The Balaban J connectivity index is 1.64. The Kier molecular flexibility index (Phi) is 4.83. The van der Waals surface area contributed by atoms with E-state index in [0.29, 0.717) is 22.4 Å². The molecule has 4 rings (SSSR count). The summed E-state index contributed by atoms with van der Waals surface area (Å²) in [7, 11) is 0. The van der Waals surface area contributed by atoms with E-state index in [4.69, 9.17) is 0 Å². The van der Waals surface area contributed by atoms with Crippen LogP contribution >= 0.6 is 15.9 Å². The van der Waals surface area contributed by atoms with Crippen molar-refractivity contribution in [2.45, 2.75) is 25.7 Å². The van der Waals surface area contributed by atoms with Gasteiger partial charge in [0.25, 0.3) is 17.7 Å². The van der Waals surface area contributed by atoms with Gasteiger partial charge >= 0.3 is 0 Å². The molecule has 2 heterocycles. The lowest BCUT2D eigenvalue weighted by Gasteiger charge is -2.21. The van der Waals surface area contributed by atoms with Crippen molar-refractivity contribution in [3.05, 3.63) is 63.6 Å². The second-order valence-electron chi connectivity index (χ2n) is 6.89. The lowest BCUT2D eigenvalue weighted by atomic mass is 10.1. The molecule has 0 unspecified atom stereocenters. The van der Waals surface area contributed by atoms with Crippen LogP contribution in [0.5, 0.6) is 0 Å². The summed E-state index contributed by atoms with van der Waals surface area (Å²) in [6, 6.07) is 11.8. The zero-order chi connectivity index (χ0) is 19.0. The number of fused-ring (bicyclic) bond motifs is 1. The molecule has 2 aromatic rings. The van der Waals surface area contributed by atoms with E-state index in [1.165, 1.54) is 0 Å². The summed E-state index contributed by atoms with van der Waals surface area (Å²) in [6.45, 7) is 1.51. The Bertz CT molecular complexity index is 933. The van der Waals surface area contributed by atoms with Gasteiger partial charge in [-0.1, -0.05) is 34.8 Å². The van der Waals surface area contributed by atoms with Crippen molar-refractivity contribution in [2.24, 2.45) is 0 Å². The summed E-state index contributed by atoms with van der Waals surface area (Å²) >= 11 is 3.34. The summed E-state index contributed by atoms with van der Waals surface area (Å²) in [5.74, 6) is -0.768. The Morgan fingerprint density at radius 3 is 2.30 bits per heavy atom. The number of anilines is 1. The molecule has 0 N–H and O–H groups in total. The lowest BCUT2D eigenvalue weighted by molar-refractivity contribution is 0.0760. The third kappa shape index (κ3) is 3.30. The minimum atomic E-state index is -0.365. The van der Waals surface area contributed by atoms with Gasteiger partial charge in [0.1, 0.15) is 0 Å². The predicted octanol–water partition coefficient (Wildman–Crippen LogP) is 4.27. The fourth-order valence-corrected chi connectivity index (χ4v) is 4.04. The molecule has 2 aliphatic heterocycles. The first kappa shape index (κ1) is 17.9. The molecule has 0 atom stereocenters. The maximum Gasteiger partial charge on any atom is 0.266 e. The number of amides is 3. The van der Waals surface area contributed by atoms with Crippen LogP contribution in [-0.2, 0) is 0 Å². The molecule has 2 aliphatic rings. The number of carbonyl (C=O) groups excluding carboxylic acids is 3. The fraction of sp³-hybridized carbons (Fsp3) is 0.286. The second kappa shape index (κ2) is 7.27. The average Bonchev–Trinajstić information content (AvgIpc) is 2.87. The van der Waals surface area contributed by atoms with Crippen molar-refractivity contribution >= 4 is 39.3 Å². The zero-order valence-corrected chi connectivity index (χ0v) is 16.4. The van der Waals surface area contributed by atoms with E-state index >= 15 is 0 Å². The molecule has 0 bridgehead atoms. The molecule has 0 aromatic heterocycles. The maximum atomic E-state index is 12.9. The van der Waals surface area contributed by atoms with E-state index in [1.807, 2.05) is 4.90 Å². The molecule has 27 heavy (non-hydrogen) atoms. The van der Waals surface area contributed by atoms with Crippen LogP contribution in [0, 0.1) is 0 Å². The fourth-order valence-electron chi connectivity index (χ4n) is 3.68. The number of rotatable bonds is 2. The maximum absolute atomic E-state index is 12.9. The minimum Gasteiger partial charge on any atom is -0.339 e. The Labute approximate surface area is 166 Å². The van der Waals surface area contributed by atoms with E-state index in [1.54, 1.807) is 42.5 Å². The first-order valence-electron chi connectivity index (χ1n) is 9.14. The van der Waals surface area contributed by atoms with Crippen molar-refractivity contribution in [3.63, 3.8) is 0 Å². The quantitative estimate of drug-likeness (QED) is 0.673. The number of halogens is 1. The molecule has 138 valence electrons. The van der Waals surface area contributed by atoms with Gasteiger partial charge in [0.15, 0.2) is 0 Å². The summed E-state index contributed by atoms with van der Waals surface area (Å²) in [5.41, 5.74) is 1.69. The zero-order valence-electron chi connectivity index (χ0n) is 14.8. The second-order valence-corrected chi connectivity index (χ2v) is 7.81. The third-order valence-electron chi connectivity index (χ3n) is 5.09. The highest BCUT2D eigenvalue weighted by atomic mass is 79.9. The molecular weight excluding hydrogens is 408 g/mol. The summed E-state index contributed by atoms with van der Waals surface area (Å²) in [4.78, 5) is 41.4. The van der Waals surface area contributed by atoms with Crippen LogP contribution < -0.4 is 4.90 Å². The van der Waals surface area contributed by atoms with Crippen molar-refractivity contribution in [1.29, 1.82) is 0 Å². The van der Waals surface area contributed by atoms with E-state index < -0.39 is 0 Å². The predicted molar refractivity (Wildman–Crippen MR) is 106 cm³/mol. The van der Waals surface area contributed by atoms with Crippen LogP contribution in [0.3, 0.4) is 0 Å². The molecule has 1 fully saturated rings. The lowest BCUT2D eigenvalue weighted by Crippen LogP contribution is -2.32. The molecule has 0 radical (unpaired) electrons. The highest BCUT2D eigenvalue weighted by Gasteiger charge is 2.37. The van der Waals surface area contributed by atoms with Gasteiger partial charge in [-0.05, 0) is 49.2 Å². The van der Waals surface area contributed by atoms with Crippen molar-refractivity contribution in [1.82, 2.24) is 4.90 Å². The Morgan fingerprint density at radius 2 is 1.56 bits per heavy atom. The smallest absolute Gasteiger partial charge is 0.266 e. The standard InChI is InChI=1S/C21H19BrN2O3/c22-15-8-9-17-18(13-15)21(27)24(20(17)26)16-7-5-6-14(12-16)19(25)23-10-3-1-2-4-11-23/h5-9,12-13H,1-4,10-11H2. The van der Waals surface area contributed by atoms with E-state index in [-0.39, 0.29) is 17.7 Å². The first-order valence-corrected chi connectivity index (χ1v) is 9.93. The molecule has 3 amide bonds. The SMILES string of the molecule is O=C(c1cccc(N2C(=O)c3ccc(Br)cc3C2=O)c1)N1CCCCCC1. The minimum absolute atomic E-state index is 0.0434. The molecule has 5 nitrogen and oxygen atoms in total. The van der Waals surface area contributed by atoms with Crippen LogP contribution in [0.1, 0.15) is 56.8 Å². The third-order valence-corrected chi connectivity index (χ3v) is 5.59. The molecule has 0 spiro atoms. The average molecular weight is 427 g/mol. The van der Waals surface area contributed by atoms with Gasteiger partial charge in [-0.2, -0.15) is 0 Å². The summed E-state index contributed by atoms with van der Waals surface area (Å²) < 4.78 is 0.745. The molecule has 0 aliphatic carbocycles. The van der Waals surface area contributed by atoms with Crippen molar-refractivity contribution in [2.75, 3.05) is 18.0 Å². The van der Waals surface area contributed by atoms with Gasteiger partial charge in [0.05, 0.1) is 16.8 Å². The van der Waals surface area contributed by atoms with Crippen LogP contribution in [0.2, 0.25) is 0 Å². The number of likely N-dealkylation sites (tertiary alicyclic amines) is 1. The molecular formula is C21H19BrN2O3. The van der Waals surface area contributed by atoms with Gasteiger partial charge in [-0.15, -0.1) is 0 Å². The normalized spacial score (nSPS) is 17.1. The van der Waals surface area contributed by atoms with Gasteiger partial charge < -0.3 is 4.90 Å². The summed E-state index contributed by atoms with van der Waals surface area (Å²) in [6.07, 6.45) is 4.32. The number of carbonyl (C=O) groups is 3. The van der Waals surface area contributed by atoms with Crippen LogP contribution in [-0.4, -0.2) is 35.7 Å². The molecule has 6 heteroatoms. The molecule has 1 saturated heterocycles. The first-order chi connectivity index (χ1) is 13.1. The van der Waals surface area contributed by atoms with Crippen LogP contribution in [0.15, 0.2) is 46.9 Å². The number of hydrogen-bond donors (Lipinski definition) is 0. The number of hydrogen-bond acceptors (Lipinski definition) is 3. The van der Waals surface area contributed by atoms with Crippen LogP contribution in [0.4, 0.5) is 5.69 Å². The highest BCUT2D eigenvalue weighted by molar-refractivity contribution is 9.10. The molecule has 2 aromatic carbocycles. The van der Waals surface area contributed by atoms with E-state index in [0.717, 1.165) is 48.1 Å². The van der Waals surface area contributed by atoms with Gasteiger partial charge in [0.2, 0.25) is 0 Å². The Morgan fingerprint density at radius 1 is 0.852 bits per heavy atom. The van der Waals surface area contributed by atoms with Gasteiger partial charge in [0, 0.05) is 23.1 Å². The van der Waals surface area contributed by atoms with E-state index in [9.17, 15) is 14.4 Å². The number of nitrogens with zero attached hydrogens (tertiary/aromatic N) is 2. The van der Waals surface area contributed by atoms with E-state index in [2.05, 4.69) is 15.9 Å². The highest BCUT2D eigenvalue weighted by Crippen LogP contribution is 2.31. The summed E-state index contributed by atoms with van der Waals surface area (Å²) in [5, 5.41) is 0. The van der Waals surface area contributed by atoms with Crippen LogP contribution in [0.25, 0.3) is 0 Å². The number of benzene rings is 2. The van der Waals surface area contributed by atoms with Gasteiger partial charge in [-0.3, -0.25) is 14.4 Å². The van der Waals surface area contributed by atoms with Crippen molar-refractivity contribution in [3.8, 4) is 0 Å². The number of imide groups is 1. The largest absolute Gasteiger partial charge is 0.339 e. The molecule has 0 saturated carbocycles.